The highest BCUT2D eigenvalue weighted by Crippen LogP contribution is 1.97. The van der Waals surface area contributed by atoms with Crippen LogP contribution in [0.4, 0.5) is 0 Å². The number of likely N-dealkylation sites (N-methyl/N-ethyl adjacent to an activating group) is 1. The Kier molecular flexibility index (Phi) is 4.91. The topological polar surface area (TPSA) is 47.3 Å². The Morgan fingerprint density at radius 3 is 2.70 bits per heavy atom. The van der Waals surface area contributed by atoms with Crippen LogP contribution in [0.15, 0.2) is 0 Å². The van der Waals surface area contributed by atoms with Crippen molar-refractivity contribution in [2.75, 3.05) is 20.2 Å². The molecule has 0 saturated heterocycles. The molecule has 0 amide bonds. The predicted molar refractivity (Wildman–Crippen MR) is 39.4 cm³/mol. The molecule has 3 heteroatoms. The highest BCUT2D eigenvalue weighted by molar-refractivity contribution is 4.77. The first-order valence-corrected chi connectivity index (χ1v) is 3.40. The van der Waals surface area contributed by atoms with E-state index in [4.69, 9.17) is 10.4 Å². The summed E-state index contributed by atoms with van der Waals surface area (Å²) in [5.74, 6) is 0. The van der Waals surface area contributed by atoms with Gasteiger partial charge in [-0.2, -0.15) is 5.26 Å². The summed E-state index contributed by atoms with van der Waals surface area (Å²) >= 11 is 0. The van der Waals surface area contributed by atoms with Crippen molar-refractivity contribution in [1.29, 1.82) is 5.26 Å². The average Bonchev–Trinajstić information content (AvgIpc) is 1.89. The molecule has 0 aromatic heterocycles. The minimum absolute atomic E-state index is 0.159. The maximum atomic E-state index is 8.53. The Labute approximate surface area is 61.9 Å². The van der Waals surface area contributed by atoms with Gasteiger partial charge < -0.3 is 10.0 Å². The molecule has 0 aromatic rings. The molecule has 0 aliphatic rings. The van der Waals surface area contributed by atoms with Crippen LogP contribution in [-0.2, 0) is 0 Å². The molecule has 0 fully saturated rings. The smallest absolute Gasteiger partial charge is 0.0638 e. The molecule has 0 bridgehead atoms. The number of aliphatic hydroxyl groups is 1. The van der Waals surface area contributed by atoms with Crippen LogP contribution in [0.1, 0.15) is 13.3 Å². The molecule has 0 aliphatic heterocycles. The minimum atomic E-state index is 0.159. The standard InChI is InChI=1S/C7H14N2O/c1-7(3-4-8)9(2)5-6-10/h7,10H,3,5-6H2,1-2H3. The van der Waals surface area contributed by atoms with Crippen molar-refractivity contribution in [3.63, 3.8) is 0 Å². The van der Waals surface area contributed by atoms with Gasteiger partial charge >= 0.3 is 0 Å². The largest absolute Gasteiger partial charge is 0.395 e. The van der Waals surface area contributed by atoms with Crippen LogP contribution >= 0.6 is 0 Å². The second kappa shape index (κ2) is 5.21. The van der Waals surface area contributed by atoms with Crippen molar-refractivity contribution < 1.29 is 5.11 Å². The Bertz CT molecular complexity index is 119. The third-order valence-corrected chi connectivity index (χ3v) is 1.59. The molecule has 1 N–H and O–H groups in total. The molecule has 0 radical (unpaired) electrons. The maximum Gasteiger partial charge on any atom is 0.0638 e. The molecule has 0 spiro atoms. The van der Waals surface area contributed by atoms with Crippen LogP contribution < -0.4 is 0 Å². The average molecular weight is 142 g/mol. The molecule has 58 valence electrons. The van der Waals surface area contributed by atoms with E-state index >= 15 is 0 Å². The molecule has 1 unspecified atom stereocenters. The highest BCUT2D eigenvalue weighted by atomic mass is 16.3. The lowest BCUT2D eigenvalue weighted by atomic mass is 10.2. The number of rotatable bonds is 4. The Morgan fingerprint density at radius 2 is 2.30 bits per heavy atom. The first-order chi connectivity index (χ1) is 4.72. The van der Waals surface area contributed by atoms with E-state index in [-0.39, 0.29) is 12.6 Å². The second-order valence-corrected chi connectivity index (χ2v) is 2.42. The summed E-state index contributed by atoms with van der Waals surface area (Å²) in [6, 6.07) is 2.33. The molecular weight excluding hydrogens is 128 g/mol. The van der Waals surface area contributed by atoms with Gasteiger partial charge in [0.15, 0.2) is 0 Å². The quantitative estimate of drug-likeness (QED) is 0.610. The Morgan fingerprint density at radius 1 is 1.70 bits per heavy atom. The first-order valence-electron chi connectivity index (χ1n) is 3.40. The van der Waals surface area contributed by atoms with Gasteiger partial charge in [0.1, 0.15) is 0 Å². The lowest BCUT2D eigenvalue weighted by Crippen LogP contribution is -2.31. The number of hydrogen-bond acceptors (Lipinski definition) is 3. The summed E-state index contributed by atoms with van der Waals surface area (Å²) in [6.45, 7) is 2.77. The van der Waals surface area contributed by atoms with Gasteiger partial charge in [-0.25, -0.2) is 0 Å². The number of hydrogen-bond donors (Lipinski definition) is 1. The summed E-state index contributed by atoms with van der Waals surface area (Å²) in [6.07, 6.45) is 0.524. The van der Waals surface area contributed by atoms with Crippen LogP contribution in [0.2, 0.25) is 0 Å². The molecule has 0 aliphatic carbocycles. The zero-order valence-electron chi connectivity index (χ0n) is 6.54. The van der Waals surface area contributed by atoms with E-state index in [9.17, 15) is 0 Å². The van der Waals surface area contributed by atoms with Crippen molar-refractivity contribution >= 4 is 0 Å². The monoisotopic (exact) mass is 142 g/mol. The molecule has 0 aromatic carbocycles. The van der Waals surface area contributed by atoms with Crippen LogP contribution in [-0.4, -0.2) is 36.2 Å². The molecule has 0 saturated carbocycles. The Balaban J connectivity index is 3.50. The zero-order valence-corrected chi connectivity index (χ0v) is 6.54. The van der Waals surface area contributed by atoms with Gasteiger partial charge in [-0.05, 0) is 14.0 Å². The molecule has 3 nitrogen and oxygen atoms in total. The van der Waals surface area contributed by atoms with E-state index in [1.54, 1.807) is 0 Å². The van der Waals surface area contributed by atoms with Crippen molar-refractivity contribution in [1.82, 2.24) is 4.90 Å². The van der Waals surface area contributed by atoms with Gasteiger partial charge in [-0.1, -0.05) is 0 Å². The van der Waals surface area contributed by atoms with Gasteiger partial charge in [-0.15, -0.1) is 0 Å². The summed E-state index contributed by atoms with van der Waals surface area (Å²) in [5, 5.41) is 16.8. The lowest BCUT2D eigenvalue weighted by molar-refractivity contribution is 0.189. The van der Waals surface area contributed by atoms with Crippen LogP contribution in [0.5, 0.6) is 0 Å². The van der Waals surface area contributed by atoms with E-state index in [1.165, 1.54) is 0 Å². The van der Waals surface area contributed by atoms with E-state index < -0.39 is 0 Å². The van der Waals surface area contributed by atoms with Crippen LogP contribution in [0, 0.1) is 11.3 Å². The molecule has 1 atom stereocenters. The van der Waals surface area contributed by atoms with Gasteiger partial charge in [-0.3, -0.25) is 0 Å². The predicted octanol–water partition coefficient (Wildman–Crippen LogP) is 0.213. The van der Waals surface area contributed by atoms with Crippen molar-refractivity contribution in [2.45, 2.75) is 19.4 Å². The fourth-order valence-corrected chi connectivity index (χ4v) is 0.666. The minimum Gasteiger partial charge on any atom is -0.395 e. The van der Waals surface area contributed by atoms with Gasteiger partial charge in [0.2, 0.25) is 0 Å². The number of aliphatic hydroxyl groups excluding tert-OH is 1. The summed E-state index contributed by atoms with van der Waals surface area (Å²) in [7, 11) is 1.90. The van der Waals surface area contributed by atoms with Gasteiger partial charge in [0, 0.05) is 12.6 Å². The van der Waals surface area contributed by atoms with Crippen LogP contribution in [0.3, 0.4) is 0 Å². The normalized spacial score (nSPS) is 13.1. The number of nitrogens with zero attached hydrogens (tertiary/aromatic N) is 2. The zero-order chi connectivity index (χ0) is 7.98. The van der Waals surface area contributed by atoms with E-state index in [2.05, 4.69) is 6.07 Å². The molecule has 0 heterocycles. The second-order valence-electron chi connectivity index (χ2n) is 2.42. The lowest BCUT2D eigenvalue weighted by Gasteiger charge is -2.20. The van der Waals surface area contributed by atoms with Gasteiger partial charge in [0.25, 0.3) is 0 Å². The summed E-state index contributed by atoms with van der Waals surface area (Å²) in [5.41, 5.74) is 0. The maximum absolute atomic E-state index is 8.53. The summed E-state index contributed by atoms with van der Waals surface area (Å²) in [4.78, 5) is 1.96. The highest BCUT2D eigenvalue weighted by Gasteiger charge is 2.06. The molecular formula is C7H14N2O. The molecule has 10 heavy (non-hydrogen) atoms. The van der Waals surface area contributed by atoms with E-state index in [1.807, 2.05) is 18.9 Å². The first kappa shape index (κ1) is 9.41. The van der Waals surface area contributed by atoms with Crippen molar-refractivity contribution in [3.05, 3.63) is 0 Å². The van der Waals surface area contributed by atoms with Crippen molar-refractivity contribution in [2.24, 2.45) is 0 Å². The fraction of sp³-hybridized carbons (Fsp3) is 0.857. The van der Waals surface area contributed by atoms with E-state index in [0.29, 0.717) is 13.0 Å². The van der Waals surface area contributed by atoms with Crippen molar-refractivity contribution in [3.8, 4) is 6.07 Å². The van der Waals surface area contributed by atoms with E-state index in [0.717, 1.165) is 0 Å². The SMILES string of the molecule is CC(CC#N)N(C)CCO. The third-order valence-electron chi connectivity index (χ3n) is 1.59. The molecule has 0 rings (SSSR count). The fourth-order valence-electron chi connectivity index (χ4n) is 0.666. The Hall–Kier alpha value is -0.590. The summed E-state index contributed by atoms with van der Waals surface area (Å²) < 4.78 is 0. The van der Waals surface area contributed by atoms with Gasteiger partial charge in [0.05, 0.1) is 19.1 Å². The van der Waals surface area contributed by atoms with Crippen LogP contribution in [0.25, 0.3) is 0 Å². The third kappa shape index (κ3) is 3.44. The number of nitriles is 1.